The second-order valence-corrected chi connectivity index (χ2v) is 6.39. The molecule has 1 aromatic carbocycles. The molecule has 1 heterocycles. The van der Waals surface area contributed by atoms with Crippen molar-refractivity contribution in [1.29, 1.82) is 0 Å². The highest BCUT2D eigenvalue weighted by molar-refractivity contribution is 5.96. The van der Waals surface area contributed by atoms with Gasteiger partial charge in [0.25, 0.3) is 0 Å². The zero-order valence-electron chi connectivity index (χ0n) is 13.9. The fourth-order valence-corrected chi connectivity index (χ4v) is 3.65. The summed E-state index contributed by atoms with van der Waals surface area (Å²) < 4.78 is 4.95. The van der Waals surface area contributed by atoms with Gasteiger partial charge in [-0.1, -0.05) is 12.8 Å². The molecule has 1 aliphatic carbocycles. The van der Waals surface area contributed by atoms with Gasteiger partial charge in [-0.2, -0.15) is 0 Å². The van der Waals surface area contributed by atoms with Gasteiger partial charge in [0, 0.05) is 11.7 Å². The molecule has 5 nitrogen and oxygen atoms in total. The van der Waals surface area contributed by atoms with E-state index in [-0.39, 0.29) is 30.3 Å². The second kappa shape index (κ2) is 8.49. The van der Waals surface area contributed by atoms with Crippen LogP contribution < -0.4 is 10.6 Å². The first-order valence-electron chi connectivity index (χ1n) is 8.51. The van der Waals surface area contributed by atoms with E-state index in [4.69, 9.17) is 4.74 Å². The highest BCUT2D eigenvalue weighted by atomic mass is 35.5. The molecule has 24 heavy (non-hydrogen) atoms. The molecule has 2 aliphatic rings. The number of carbonyl (C=O) groups excluding carboxylic acids is 2. The van der Waals surface area contributed by atoms with Crippen LogP contribution in [-0.4, -0.2) is 30.6 Å². The van der Waals surface area contributed by atoms with Crippen LogP contribution in [0, 0.1) is 5.92 Å². The lowest BCUT2D eigenvalue weighted by Crippen LogP contribution is -2.39. The third-order valence-electron chi connectivity index (χ3n) is 4.84. The van der Waals surface area contributed by atoms with E-state index in [2.05, 4.69) is 10.6 Å². The maximum atomic E-state index is 12.4. The minimum atomic E-state index is -0.341. The quantitative estimate of drug-likeness (QED) is 0.817. The largest absolute Gasteiger partial charge is 0.462 e. The minimum absolute atomic E-state index is 0. The van der Waals surface area contributed by atoms with Crippen LogP contribution in [0.1, 0.15) is 49.4 Å². The Morgan fingerprint density at radius 2 is 1.92 bits per heavy atom. The van der Waals surface area contributed by atoms with Crippen LogP contribution in [-0.2, 0) is 9.53 Å². The number of nitrogens with one attached hydrogen (secondary N) is 2. The number of halogens is 1. The van der Waals surface area contributed by atoms with E-state index in [0.29, 0.717) is 29.8 Å². The monoisotopic (exact) mass is 352 g/mol. The van der Waals surface area contributed by atoms with Crippen molar-refractivity contribution in [3.8, 4) is 0 Å². The van der Waals surface area contributed by atoms with E-state index in [0.717, 1.165) is 6.42 Å². The molecule has 2 fully saturated rings. The maximum Gasteiger partial charge on any atom is 0.338 e. The number of ether oxygens (including phenoxy) is 1. The van der Waals surface area contributed by atoms with Crippen LogP contribution in [0.4, 0.5) is 5.69 Å². The van der Waals surface area contributed by atoms with Crippen LogP contribution >= 0.6 is 12.4 Å². The Kier molecular flexibility index (Phi) is 6.63. The summed E-state index contributed by atoms with van der Waals surface area (Å²) in [5.74, 6) is 0.320. The molecule has 1 aliphatic heterocycles. The molecule has 132 valence electrons. The summed E-state index contributed by atoms with van der Waals surface area (Å²) in [6.45, 7) is 2.13. The third kappa shape index (κ3) is 4.28. The number of fused-ring (bicyclic) bond motifs is 1. The molecule has 0 radical (unpaired) electrons. The van der Waals surface area contributed by atoms with Crippen molar-refractivity contribution in [2.45, 2.75) is 51.1 Å². The Morgan fingerprint density at radius 1 is 1.21 bits per heavy atom. The Labute approximate surface area is 148 Å². The molecule has 1 amide bonds. The average molecular weight is 353 g/mol. The lowest BCUT2D eigenvalue weighted by Gasteiger charge is -2.24. The highest BCUT2D eigenvalue weighted by Crippen LogP contribution is 2.33. The van der Waals surface area contributed by atoms with Crippen LogP contribution in [0.15, 0.2) is 24.3 Å². The number of hydrogen-bond acceptors (Lipinski definition) is 4. The van der Waals surface area contributed by atoms with Crippen molar-refractivity contribution < 1.29 is 14.3 Å². The number of benzene rings is 1. The van der Waals surface area contributed by atoms with Crippen molar-refractivity contribution in [1.82, 2.24) is 5.32 Å². The fourth-order valence-electron chi connectivity index (χ4n) is 3.65. The highest BCUT2D eigenvalue weighted by Gasteiger charge is 2.38. The molecule has 3 atom stereocenters. The summed E-state index contributed by atoms with van der Waals surface area (Å²) in [5, 5.41) is 6.41. The van der Waals surface area contributed by atoms with Crippen molar-refractivity contribution in [2.75, 3.05) is 11.9 Å². The summed E-state index contributed by atoms with van der Waals surface area (Å²) in [5.41, 5.74) is 1.20. The Balaban J connectivity index is 0.00000208. The number of carbonyl (C=O) groups is 2. The fraction of sp³-hybridized carbons (Fsp3) is 0.556. The molecule has 6 heteroatoms. The smallest absolute Gasteiger partial charge is 0.338 e. The van der Waals surface area contributed by atoms with Crippen molar-refractivity contribution in [3.05, 3.63) is 29.8 Å². The van der Waals surface area contributed by atoms with Crippen molar-refractivity contribution in [3.63, 3.8) is 0 Å². The van der Waals surface area contributed by atoms with E-state index >= 15 is 0 Å². The summed E-state index contributed by atoms with van der Waals surface area (Å²) in [6, 6.07) is 7.24. The van der Waals surface area contributed by atoms with Gasteiger partial charge >= 0.3 is 5.97 Å². The normalized spacial score (nSPS) is 25.3. The summed E-state index contributed by atoms with van der Waals surface area (Å²) in [6.07, 6.45) is 5.89. The SMILES string of the molecule is CCOC(=O)c1ccc(NC(=O)C2CC3CCCCC3N2)cc1.Cl. The van der Waals surface area contributed by atoms with E-state index in [1.165, 1.54) is 25.7 Å². The minimum Gasteiger partial charge on any atom is -0.462 e. The summed E-state index contributed by atoms with van der Waals surface area (Å²) in [4.78, 5) is 24.0. The van der Waals surface area contributed by atoms with Gasteiger partial charge in [0.2, 0.25) is 5.91 Å². The van der Waals surface area contributed by atoms with Crippen LogP contribution in [0.2, 0.25) is 0 Å². The van der Waals surface area contributed by atoms with Crippen molar-refractivity contribution in [2.24, 2.45) is 5.92 Å². The second-order valence-electron chi connectivity index (χ2n) is 6.39. The first-order valence-corrected chi connectivity index (χ1v) is 8.51. The maximum absolute atomic E-state index is 12.4. The molecule has 1 saturated carbocycles. The molecule has 1 saturated heterocycles. The van der Waals surface area contributed by atoms with E-state index in [9.17, 15) is 9.59 Å². The standard InChI is InChI=1S/C18H24N2O3.ClH/c1-2-23-18(22)12-7-9-14(10-8-12)19-17(21)16-11-13-5-3-4-6-15(13)20-16;/h7-10,13,15-16,20H,2-6,11H2,1H3,(H,19,21);1H. The molecular formula is C18H25ClN2O3. The molecule has 0 bridgehead atoms. The van der Waals surface area contributed by atoms with E-state index in [1.54, 1.807) is 31.2 Å². The Morgan fingerprint density at radius 3 is 2.58 bits per heavy atom. The molecule has 3 rings (SSSR count). The number of rotatable bonds is 4. The zero-order valence-corrected chi connectivity index (χ0v) is 14.7. The first-order chi connectivity index (χ1) is 11.2. The number of anilines is 1. The van der Waals surface area contributed by atoms with Gasteiger partial charge in [-0.25, -0.2) is 4.79 Å². The van der Waals surface area contributed by atoms with Crippen LogP contribution in [0.3, 0.4) is 0 Å². The predicted octanol–water partition coefficient (Wildman–Crippen LogP) is 3.14. The molecule has 0 spiro atoms. The van der Waals surface area contributed by atoms with Gasteiger partial charge in [-0.3, -0.25) is 4.79 Å². The Hall–Kier alpha value is -1.59. The number of esters is 1. The lowest BCUT2D eigenvalue weighted by atomic mass is 9.85. The van der Waals surface area contributed by atoms with Crippen molar-refractivity contribution >= 4 is 30.0 Å². The van der Waals surface area contributed by atoms with Gasteiger partial charge in [-0.05, 0) is 56.4 Å². The average Bonchev–Trinajstić information content (AvgIpc) is 3.00. The summed E-state index contributed by atoms with van der Waals surface area (Å²) >= 11 is 0. The molecule has 1 aromatic rings. The van der Waals surface area contributed by atoms with Crippen LogP contribution in [0.25, 0.3) is 0 Å². The lowest BCUT2D eigenvalue weighted by molar-refractivity contribution is -0.117. The number of hydrogen-bond donors (Lipinski definition) is 2. The van der Waals surface area contributed by atoms with E-state index < -0.39 is 0 Å². The summed E-state index contributed by atoms with van der Waals surface area (Å²) in [7, 11) is 0. The Bertz CT molecular complexity index is 562. The van der Waals surface area contributed by atoms with Gasteiger partial charge in [0.05, 0.1) is 18.2 Å². The van der Waals surface area contributed by atoms with Gasteiger partial charge < -0.3 is 15.4 Å². The molecule has 0 aromatic heterocycles. The van der Waals surface area contributed by atoms with E-state index in [1.807, 2.05) is 0 Å². The van der Waals surface area contributed by atoms with Gasteiger partial charge in [0.1, 0.15) is 0 Å². The topological polar surface area (TPSA) is 67.4 Å². The first kappa shape index (κ1) is 18.7. The third-order valence-corrected chi connectivity index (χ3v) is 4.84. The van der Waals surface area contributed by atoms with Gasteiger partial charge in [-0.15, -0.1) is 12.4 Å². The molecule has 3 unspecified atom stereocenters. The molecule has 2 N–H and O–H groups in total. The molecular weight excluding hydrogens is 328 g/mol. The van der Waals surface area contributed by atoms with Gasteiger partial charge in [0.15, 0.2) is 0 Å². The number of amides is 1. The predicted molar refractivity (Wildman–Crippen MR) is 95.6 cm³/mol. The zero-order chi connectivity index (χ0) is 16.2. The van der Waals surface area contributed by atoms with Crippen LogP contribution in [0.5, 0.6) is 0 Å².